The van der Waals surface area contributed by atoms with Gasteiger partial charge in [-0.2, -0.15) is 11.8 Å². The predicted octanol–water partition coefficient (Wildman–Crippen LogP) is 1.76. The molecule has 3 nitrogen and oxygen atoms in total. The number of amides is 1. The molecule has 0 rings (SSSR count). The molecule has 0 fully saturated rings. The van der Waals surface area contributed by atoms with E-state index in [1.165, 1.54) is 12.8 Å². The highest BCUT2D eigenvalue weighted by atomic mass is 32.2. The molecule has 0 aromatic heterocycles. The minimum absolute atomic E-state index is 0.106. The lowest BCUT2D eigenvalue weighted by atomic mass is 10.1. The third-order valence-electron chi connectivity index (χ3n) is 2.10. The Labute approximate surface area is 97.6 Å². The van der Waals surface area contributed by atoms with Gasteiger partial charge in [0.25, 0.3) is 0 Å². The third kappa shape index (κ3) is 8.75. The Morgan fingerprint density at radius 3 is 2.60 bits per heavy atom. The number of nitrogens with one attached hydrogen (secondary N) is 1. The van der Waals surface area contributed by atoms with Crippen molar-refractivity contribution in [1.82, 2.24) is 5.32 Å². The molecule has 0 radical (unpaired) electrons. The first-order valence-corrected chi connectivity index (χ1v) is 6.76. The molecule has 0 aliphatic rings. The van der Waals surface area contributed by atoms with E-state index in [0.717, 1.165) is 11.5 Å². The van der Waals surface area contributed by atoms with Crippen LogP contribution in [0.1, 0.15) is 40.0 Å². The zero-order chi connectivity index (χ0) is 11.7. The van der Waals surface area contributed by atoms with Crippen molar-refractivity contribution in [3.63, 3.8) is 0 Å². The van der Waals surface area contributed by atoms with Crippen molar-refractivity contribution in [2.75, 3.05) is 18.1 Å². The number of carbonyl (C=O) groups excluding carboxylic acids is 1. The number of nitrogens with two attached hydrogens (primary N) is 1. The maximum atomic E-state index is 11.5. The summed E-state index contributed by atoms with van der Waals surface area (Å²) in [5.41, 5.74) is 5.26. The molecule has 0 unspecified atom stereocenters. The molecular formula is C11H24N2OS. The summed E-state index contributed by atoms with van der Waals surface area (Å²) < 4.78 is 0. The highest BCUT2D eigenvalue weighted by Gasteiger charge is 2.17. The Morgan fingerprint density at radius 1 is 1.40 bits per heavy atom. The summed E-state index contributed by atoms with van der Waals surface area (Å²) in [6.07, 6.45) is 3.05. The van der Waals surface area contributed by atoms with Crippen LogP contribution in [0.25, 0.3) is 0 Å². The van der Waals surface area contributed by atoms with Crippen LogP contribution in [0.15, 0.2) is 0 Å². The molecule has 0 atom stereocenters. The zero-order valence-corrected chi connectivity index (χ0v) is 11.0. The molecule has 3 N–H and O–H groups in total. The lowest BCUT2D eigenvalue weighted by Gasteiger charge is -2.24. The van der Waals surface area contributed by atoms with E-state index < -0.39 is 0 Å². The number of rotatable bonds is 8. The van der Waals surface area contributed by atoms with Crippen LogP contribution in [0.5, 0.6) is 0 Å². The van der Waals surface area contributed by atoms with Crippen molar-refractivity contribution in [2.45, 2.75) is 45.6 Å². The molecule has 0 heterocycles. The van der Waals surface area contributed by atoms with Gasteiger partial charge in [-0.1, -0.05) is 13.3 Å². The summed E-state index contributed by atoms with van der Waals surface area (Å²) >= 11 is 1.85. The fraction of sp³-hybridized carbons (Fsp3) is 0.909. The lowest BCUT2D eigenvalue weighted by molar-refractivity contribution is -0.122. The quantitative estimate of drug-likeness (QED) is 0.627. The molecule has 0 aromatic rings. The van der Waals surface area contributed by atoms with Crippen molar-refractivity contribution in [3.05, 3.63) is 0 Å². The summed E-state index contributed by atoms with van der Waals surface area (Å²) in [6.45, 7) is 6.53. The van der Waals surface area contributed by atoms with E-state index >= 15 is 0 Å². The number of hydrogen-bond donors (Lipinski definition) is 2. The van der Waals surface area contributed by atoms with Gasteiger partial charge in [0.05, 0.1) is 0 Å². The molecule has 0 spiro atoms. The molecule has 0 aliphatic heterocycles. The first-order chi connectivity index (χ1) is 7.02. The largest absolute Gasteiger partial charge is 0.350 e. The molecule has 15 heavy (non-hydrogen) atoms. The van der Waals surface area contributed by atoms with Crippen LogP contribution in [0.3, 0.4) is 0 Å². The second-order valence-corrected chi connectivity index (χ2v) is 5.58. The van der Waals surface area contributed by atoms with E-state index in [-0.39, 0.29) is 11.4 Å². The van der Waals surface area contributed by atoms with Gasteiger partial charge in [-0.15, -0.1) is 0 Å². The first kappa shape index (κ1) is 14.8. The molecule has 90 valence electrons. The van der Waals surface area contributed by atoms with Crippen LogP contribution >= 0.6 is 11.8 Å². The van der Waals surface area contributed by atoms with Gasteiger partial charge in [0.15, 0.2) is 0 Å². The standard InChI is InChI=1S/C11H24N2OS/c1-4-5-7-15-8-6-10(14)13-11(2,3)9-12/h4-9,12H2,1-3H3,(H,13,14). The first-order valence-electron chi connectivity index (χ1n) is 5.60. The normalized spacial score (nSPS) is 11.5. The van der Waals surface area contributed by atoms with Gasteiger partial charge in [-0.3, -0.25) is 4.79 Å². The monoisotopic (exact) mass is 232 g/mol. The molecule has 0 saturated carbocycles. The summed E-state index contributed by atoms with van der Waals surface area (Å²) in [6, 6.07) is 0. The third-order valence-corrected chi connectivity index (χ3v) is 3.17. The fourth-order valence-corrected chi connectivity index (χ4v) is 2.03. The van der Waals surface area contributed by atoms with Crippen molar-refractivity contribution in [2.24, 2.45) is 5.73 Å². The Morgan fingerprint density at radius 2 is 2.07 bits per heavy atom. The highest BCUT2D eigenvalue weighted by molar-refractivity contribution is 7.99. The average Bonchev–Trinajstić information content (AvgIpc) is 2.17. The number of hydrogen-bond acceptors (Lipinski definition) is 3. The lowest BCUT2D eigenvalue weighted by Crippen LogP contribution is -2.48. The zero-order valence-electron chi connectivity index (χ0n) is 10.1. The molecule has 4 heteroatoms. The number of thioether (sulfide) groups is 1. The van der Waals surface area contributed by atoms with Crippen LogP contribution < -0.4 is 11.1 Å². The topological polar surface area (TPSA) is 55.1 Å². The summed E-state index contributed by atoms with van der Waals surface area (Å²) in [7, 11) is 0. The maximum Gasteiger partial charge on any atom is 0.221 e. The molecule has 0 saturated heterocycles. The van der Waals surface area contributed by atoms with E-state index in [1.807, 2.05) is 25.6 Å². The second kappa shape index (κ2) is 7.99. The van der Waals surface area contributed by atoms with E-state index in [2.05, 4.69) is 12.2 Å². The van der Waals surface area contributed by atoms with Crippen LogP contribution in [0.4, 0.5) is 0 Å². The predicted molar refractivity (Wildman–Crippen MR) is 68.1 cm³/mol. The van der Waals surface area contributed by atoms with Crippen molar-refractivity contribution >= 4 is 17.7 Å². The van der Waals surface area contributed by atoms with E-state index in [1.54, 1.807) is 0 Å². The second-order valence-electron chi connectivity index (χ2n) is 4.35. The van der Waals surface area contributed by atoms with Crippen LogP contribution in [-0.4, -0.2) is 29.5 Å². The Bertz CT molecular complexity index is 183. The number of carbonyl (C=O) groups is 1. The summed E-state index contributed by atoms with van der Waals surface area (Å²) in [5, 5.41) is 2.92. The SMILES string of the molecule is CCCCSCCC(=O)NC(C)(C)CN. The molecule has 0 aliphatic carbocycles. The van der Waals surface area contributed by atoms with Gasteiger partial charge in [0.1, 0.15) is 0 Å². The van der Waals surface area contributed by atoms with Gasteiger partial charge in [-0.05, 0) is 26.0 Å². The Hall–Kier alpha value is -0.220. The van der Waals surface area contributed by atoms with E-state index in [4.69, 9.17) is 5.73 Å². The molecular weight excluding hydrogens is 208 g/mol. The van der Waals surface area contributed by atoms with E-state index in [0.29, 0.717) is 13.0 Å². The van der Waals surface area contributed by atoms with Crippen molar-refractivity contribution in [3.8, 4) is 0 Å². The average molecular weight is 232 g/mol. The Kier molecular flexibility index (Phi) is 7.88. The molecule has 0 aromatic carbocycles. The van der Waals surface area contributed by atoms with Gasteiger partial charge >= 0.3 is 0 Å². The van der Waals surface area contributed by atoms with Crippen molar-refractivity contribution in [1.29, 1.82) is 0 Å². The van der Waals surface area contributed by atoms with Gasteiger partial charge in [-0.25, -0.2) is 0 Å². The van der Waals surface area contributed by atoms with Crippen LogP contribution in [0.2, 0.25) is 0 Å². The summed E-state index contributed by atoms with van der Waals surface area (Å²) in [5.74, 6) is 2.17. The maximum absolute atomic E-state index is 11.5. The van der Waals surface area contributed by atoms with Gasteiger partial charge in [0, 0.05) is 24.3 Å². The van der Waals surface area contributed by atoms with Gasteiger partial charge in [0.2, 0.25) is 5.91 Å². The molecule has 1 amide bonds. The Balaban J connectivity index is 3.49. The molecule has 0 bridgehead atoms. The number of unbranched alkanes of at least 4 members (excludes halogenated alkanes) is 1. The highest BCUT2D eigenvalue weighted by Crippen LogP contribution is 2.07. The smallest absolute Gasteiger partial charge is 0.221 e. The van der Waals surface area contributed by atoms with Crippen LogP contribution in [0, 0.1) is 0 Å². The summed E-state index contributed by atoms with van der Waals surface area (Å²) in [4.78, 5) is 11.5. The van der Waals surface area contributed by atoms with Gasteiger partial charge < -0.3 is 11.1 Å². The van der Waals surface area contributed by atoms with Crippen LogP contribution in [-0.2, 0) is 4.79 Å². The minimum Gasteiger partial charge on any atom is -0.350 e. The van der Waals surface area contributed by atoms with E-state index in [9.17, 15) is 4.79 Å². The van der Waals surface area contributed by atoms with Crippen molar-refractivity contribution < 1.29 is 4.79 Å². The fourth-order valence-electron chi connectivity index (χ4n) is 1.00. The minimum atomic E-state index is -0.273.